The van der Waals surface area contributed by atoms with Crippen LogP contribution in [0.2, 0.25) is 0 Å². The molecule has 5 aliphatic carbocycles. The predicted molar refractivity (Wildman–Crippen MR) is 204 cm³/mol. The van der Waals surface area contributed by atoms with Gasteiger partial charge in [-0.2, -0.15) is 0 Å². The molecular formula is C45H64F3NO6. The van der Waals surface area contributed by atoms with Crippen LogP contribution in [-0.4, -0.2) is 35.9 Å². The molecule has 1 aromatic carbocycles. The Bertz CT molecular complexity index is 1690. The Hall–Kier alpha value is -3.04. The van der Waals surface area contributed by atoms with E-state index in [1.807, 2.05) is 0 Å². The number of aliphatic carboxylic acids is 1. The highest BCUT2D eigenvalue weighted by Gasteiger charge is 2.72. The minimum atomic E-state index is -4.79. The van der Waals surface area contributed by atoms with E-state index in [-0.39, 0.29) is 64.0 Å². The number of carbonyl (C=O) groups is 3. The number of hydrogen-bond donors (Lipinski definition) is 2. The zero-order valence-corrected chi connectivity index (χ0v) is 34.3. The van der Waals surface area contributed by atoms with Gasteiger partial charge in [0.2, 0.25) is 5.91 Å². The van der Waals surface area contributed by atoms with Crippen molar-refractivity contribution in [1.29, 1.82) is 0 Å². The SMILES string of the molecule is C=C(C)[C@@H]1CC[C@]2(C(=O)NCc3cccc(OC(F)(F)F)c3)CC[C@]3(C)[C@H](CCC4C3(C)CCC3C(C)(C)C(COC(=O)CC(C)(C)C(=O)O)CC[C@@]34C)C12. The normalized spacial score (nSPS) is 38.0. The molecule has 5 aliphatic rings. The van der Waals surface area contributed by atoms with Gasteiger partial charge in [-0.25, -0.2) is 0 Å². The second-order valence-corrected chi connectivity index (χ2v) is 20.3. The van der Waals surface area contributed by atoms with Gasteiger partial charge in [-0.1, -0.05) is 58.9 Å². The van der Waals surface area contributed by atoms with Gasteiger partial charge in [0.15, 0.2) is 0 Å². The first-order valence-electron chi connectivity index (χ1n) is 20.6. The summed E-state index contributed by atoms with van der Waals surface area (Å²) >= 11 is 0. The number of ether oxygens (including phenoxy) is 2. The first kappa shape index (κ1) is 41.6. The predicted octanol–water partition coefficient (Wildman–Crippen LogP) is 10.5. The second kappa shape index (κ2) is 14.1. The lowest BCUT2D eigenvalue weighted by Crippen LogP contribution is -2.67. The van der Waals surface area contributed by atoms with Gasteiger partial charge < -0.3 is 19.9 Å². The number of rotatable bonds is 10. The summed E-state index contributed by atoms with van der Waals surface area (Å²) in [6, 6.07) is 5.85. The Morgan fingerprint density at radius 3 is 2.27 bits per heavy atom. The minimum Gasteiger partial charge on any atom is -0.481 e. The van der Waals surface area contributed by atoms with Crippen LogP contribution in [-0.2, 0) is 25.7 Å². The molecule has 10 heteroatoms. The number of fused-ring (bicyclic) bond motifs is 7. The quantitative estimate of drug-likeness (QED) is 0.181. The van der Waals surface area contributed by atoms with Crippen molar-refractivity contribution in [2.75, 3.05) is 6.61 Å². The molecule has 0 heterocycles. The highest BCUT2D eigenvalue weighted by Crippen LogP contribution is 2.78. The fourth-order valence-corrected chi connectivity index (χ4v) is 13.8. The van der Waals surface area contributed by atoms with Crippen LogP contribution in [0.15, 0.2) is 36.4 Å². The standard InChI is InChI=1S/C45H64F3NO6/c1-27(2)31-16-20-44(37(51)49-25-28-11-10-12-30(23-28)55-45(46,47)48)22-21-42(8)32(36(31)44)13-14-34-41(7)18-15-29(26-54-35(50)24-39(3,4)38(52)53)40(5,6)33(41)17-19-43(34,42)9/h10-12,23,29,31-34,36H,1,13-22,24-26H2,2-9H3,(H,49,51)(H,52,53)/t29?,31-,32+,33?,34?,36?,41-,42+,43?,44-/m0/s1. The van der Waals surface area contributed by atoms with Gasteiger partial charge in [0.05, 0.1) is 23.9 Å². The largest absolute Gasteiger partial charge is 0.573 e. The zero-order chi connectivity index (χ0) is 40.6. The first-order chi connectivity index (χ1) is 25.4. The van der Waals surface area contributed by atoms with Crippen molar-refractivity contribution >= 4 is 17.8 Å². The molecule has 7 nitrogen and oxygen atoms in total. The molecule has 0 spiro atoms. The number of carbonyl (C=O) groups excluding carboxylic acids is 2. The fourth-order valence-electron chi connectivity index (χ4n) is 13.8. The van der Waals surface area contributed by atoms with Gasteiger partial charge in [-0.15, -0.1) is 13.2 Å². The molecule has 55 heavy (non-hydrogen) atoms. The highest BCUT2D eigenvalue weighted by atomic mass is 19.4. The summed E-state index contributed by atoms with van der Waals surface area (Å²) < 4.78 is 48.7. The second-order valence-electron chi connectivity index (χ2n) is 20.3. The van der Waals surface area contributed by atoms with E-state index >= 15 is 0 Å². The number of benzene rings is 1. The van der Waals surface area contributed by atoms with Crippen molar-refractivity contribution in [2.24, 2.45) is 68.0 Å². The number of alkyl halides is 3. The van der Waals surface area contributed by atoms with Crippen LogP contribution < -0.4 is 10.1 Å². The molecule has 5 fully saturated rings. The van der Waals surface area contributed by atoms with Crippen LogP contribution >= 0.6 is 0 Å². The topological polar surface area (TPSA) is 102 Å². The van der Waals surface area contributed by atoms with Crippen LogP contribution in [0.4, 0.5) is 13.2 Å². The van der Waals surface area contributed by atoms with E-state index in [4.69, 9.17) is 4.74 Å². The van der Waals surface area contributed by atoms with E-state index in [1.54, 1.807) is 19.9 Å². The highest BCUT2D eigenvalue weighted by molar-refractivity contribution is 5.84. The third kappa shape index (κ3) is 7.01. The summed E-state index contributed by atoms with van der Waals surface area (Å²) in [5.74, 6) is 0.158. The van der Waals surface area contributed by atoms with Crippen LogP contribution in [0.3, 0.4) is 0 Å². The number of nitrogens with one attached hydrogen (secondary N) is 1. The minimum absolute atomic E-state index is 0.0145. The fraction of sp³-hybridized carbons (Fsp3) is 0.756. The molecule has 0 aliphatic heterocycles. The summed E-state index contributed by atoms with van der Waals surface area (Å²) in [5.41, 5.74) is 0.117. The Balaban J connectivity index is 1.21. The maximum Gasteiger partial charge on any atom is 0.573 e. The van der Waals surface area contributed by atoms with E-state index < -0.39 is 29.1 Å². The molecule has 0 bridgehead atoms. The van der Waals surface area contributed by atoms with Crippen molar-refractivity contribution in [1.82, 2.24) is 5.32 Å². The van der Waals surface area contributed by atoms with Crippen LogP contribution in [0, 0.1) is 68.0 Å². The molecule has 6 rings (SSSR count). The zero-order valence-electron chi connectivity index (χ0n) is 34.3. The lowest BCUT2D eigenvalue weighted by atomic mass is 9.32. The number of carboxylic acids is 1. The average Bonchev–Trinajstić information content (AvgIpc) is 3.47. The van der Waals surface area contributed by atoms with E-state index in [2.05, 4.69) is 58.2 Å². The summed E-state index contributed by atoms with van der Waals surface area (Å²) in [7, 11) is 0. The van der Waals surface area contributed by atoms with Crippen LogP contribution in [0.5, 0.6) is 5.75 Å². The number of allylic oxidation sites excluding steroid dienone is 1. The van der Waals surface area contributed by atoms with Gasteiger partial charge in [-0.3, -0.25) is 14.4 Å². The molecule has 0 saturated heterocycles. The van der Waals surface area contributed by atoms with Gasteiger partial charge in [0, 0.05) is 6.54 Å². The third-order valence-electron chi connectivity index (χ3n) is 17.0. The van der Waals surface area contributed by atoms with Crippen LogP contribution in [0.25, 0.3) is 0 Å². The lowest BCUT2D eigenvalue weighted by molar-refractivity contribution is -0.274. The van der Waals surface area contributed by atoms with Crippen molar-refractivity contribution < 1.29 is 42.1 Å². The molecule has 0 radical (unpaired) electrons. The summed E-state index contributed by atoms with van der Waals surface area (Å²) in [6.45, 7) is 22.5. The van der Waals surface area contributed by atoms with E-state index in [0.717, 1.165) is 69.8 Å². The van der Waals surface area contributed by atoms with Crippen molar-refractivity contribution in [3.8, 4) is 5.75 Å². The maximum absolute atomic E-state index is 14.5. The van der Waals surface area contributed by atoms with E-state index in [9.17, 15) is 32.7 Å². The van der Waals surface area contributed by atoms with Crippen molar-refractivity contribution in [3.05, 3.63) is 42.0 Å². The smallest absolute Gasteiger partial charge is 0.481 e. The molecule has 1 amide bonds. The van der Waals surface area contributed by atoms with Gasteiger partial charge in [0.1, 0.15) is 5.75 Å². The number of amides is 1. The molecular weight excluding hydrogens is 707 g/mol. The first-order valence-corrected chi connectivity index (χ1v) is 20.6. The molecule has 1 aromatic rings. The number of halogens is 3. The molecule has 306 valence electrons. The van der Waals surface area contributed by atoms with Gasteiger partial charge in [-0.05, 0) is 160 Å². The number of esters is 1. The molecule has 5 saturated carbocycles. The Kier molecular flexibility index (Phi) is 10.7. The van der Waals surface area contributed by atoms with Gasteiger partial charge in [0.25, 0.3) is 0 Å². The van der Waals surface area contributed by atoms with E-state index in [1.165, 1.54) is 18.2 Å². The molecule has 0 aromatic heterocycles. The summed E-state index contributed by atoms with van der Waals surface area (Å²) in [5, 5.41) is 12.7. The average molecular weight is 772 g/mol. The Morgan fingerprint density at radius 1 is 0.909 bits per heavy atom. The van der Waals surface area contributed by atoms with E-state index in [0.29, 0.717) is 29.9 Å². The number of hydrogen-bond acceptors (Lipinski definition) is 5. The van der Waals surface area contributed by atoms with Crippen molar-refractivity contribution in [3.63, 3.8) is 0 Å². The summed E-state index contributed by atoms with van der Waals surface area (Å²) in [6.07, 6.45) is 4.89. The van der Waals surface area contributed by atoms with Crippen molar-refractivity contribution in [2.45, 2.75) is 139 Å². The lowest BCUT2D eigenvalue weighted by Gasteiger charge is -2.73. The Morgan fingerprint density at radius 2 is 1.62 bits per heavy atom. The molecule has 10 atom stereocenters. The van der Waals surface area contributed by atoms with Gasteiger partial charge >= 0.3 is 18.3 Å². The summed E-state index contributed by atoms with van der Waals surface area (Å²) in [4.78, 5) is 38.9. The molecule has 5 unspecified atom stereocenters. The number of carboxylic acid groups (broad SMARTS) is 1. The monoisotopic (exact) mass is 771 g/mol. The Labute approximate surface area is 325 Å². The van der Waals surface area contributed by atoms with Crippen LogP contribution in [0.1, 0.15) is 132 Å². The third-order valence-corrected chi connectivity index (χ3v) is 17.0. The molecule has 2 N–H and O–H groups in total. The maximum atomic E-state index is 14.5.